The third-order valence-electron chi connectivity index (χ3n) is 4.20. The molecule has 1 aliphatic rings. The lowest BCUT2D eigenvalue weighted by Gasteiger charge is -2.23. The first kappa shape index (κ1) is 16.9. The van der Waals surface area contributed by atoms with Gasteiger partial charge >= 0.3 is 6.03 Å². The maximum Gasteiger partial charge on any atom is 0.315 e. The fourth-order valence-corrected chi connectivity index (χ4v) is 3.51. The highest BCUT2D eigenvalue weighted by atomic mass is 32.1. The quantitative estimate of drug-likeness (QED) is 0.742. The van der Waals surface area contributed by atoms with Crippen LogP contribution >= 0.6 is 11.3 Å². The second kappa shape index (κ2) is 6.52. The molecule has 1 saturated carbocycles. The highest BCUT2D eigenvalue weighted by molar-refractivity contribution is 7.09. The van der Waals surface area contributed by atoms with E-state index in [9.17, 15) is 9.90 Å². The minimum absolute atomic E-state index is 0.0490. The smallest absolute Gasteiger partial charge is 0.315 e. The number of hydrogen-bond acceptors (Lipinski definition) is 5. The number of urea groups is 1. The molecule has 130 valence electrons. The van der Waals surface area contributed by atoms with Crippen molar-refractivity contribution < 1.29 is 9.90 Å². The predicted molar refractivity (Wildman–Crippen MR) is 91.6 cm³/mol. The number of aliphatic hydroxyl groups is 1. The van der Waals surface area contributed by atoms with E-state index in [1.807, 2.05) is 12.3 Å². The molecule has 0 aromatic carbocycles. The van der Waals surface area contributed by atoms with Crippen LogP contribution in [0, 0.1) is 12.8 Å². The van der Waals surface area contributed by atoms with Crippen molar-refractivity contribution in [3.63, 3.8) is 0 Å². The van der Waals surface area contributed by atoms with Crippen molar-refractivity contribution in [3.8, 4) is 0 Å². The minimum atomic E-state index is -1.17. The van der Waals surface area contributed by atoms with Crippen LogP contribution in [0.1, 0.15) is 42.1 Å². The van der Waals surface area contributed by atoms with Crippen LogP contribution in [0.25, 0.3) is 0 Å². The molecule has 0 aliphatic heterocycles. The first-order chi connectivity index (χ1) is 11.3. The Hall–Kier alpha value is -1.93. The van der Waals surface area contributed by atoms with Crippen LogP contribution in [0.15, 0.2) is 17.8 Å². The lowest BCUT2D eigenvalue weighted by molar-refractivity contribution is 0.0591. The highest BCUT2D eigenvalue weighted by Gasteiger charge is 2.35. The largest absolute Gasteiger partial charge is 0.383 e. The third kappa shape index (κ3) is 3.93. The number of nitrogens with zero attached hydrogens (tertiary/aromatic N) is 3. The van der Waals surface area contributed by atoms with Gasteiger partial charge < -0.3 is 15.7 Å². The van der Waals surface area contributed by atoms with Gasteiger partial charge in [-0.3, -0.25) is 4.68 Å². The SMILES string of the molecule is Cc1csc(C(NC(=O)NCC(C)(O)c2cnn(C)c2)C2CC2)n1. The summed E-state index contributed by atoms with van der Waals surface area (Å²) >= 11 is 1.58. The van der Waals surface area contributed by atoms with E-state index >= 15 is 0 Å². The summed E-state index contributed by atoms with van der Waals surface area (Å²) in [5.74, 6) is 0.458. The molecule has 0 bridgehead atoms. The predicted octanol–water partition coefficient (Wildman–Crippen LogP) is 1.84. The normalized spacial score (nSPS) is 18.0. The van der Waals surface area contributed by atoms with Crippen molar-refractivity contribution in [3.05, 3.63) is 34.0 Å². The number of thiazole rings is 1. The number of aryl methyl sites for hydroxylation is 2. The molecule has 2 aromatic rings. The van der Waals surface area contributed by atoms with E-state index in [1.165, 1.54) is 0 Å². The van der Waals surface area contributed by atoms with Gasteiger partial charge in [-0.15, -0.1) is 11.3 Å². The number of amides is 2. The van der Waals surface area contributed by atoms with Crippen LogP contribution in [-0.2, 0) is 12.6 Å². The zero-order valence-corrected chi connectivity index (χ0v) is 14.9. The zero-order chi connectivity index (χ0) is 17.3. The monoisotopic (exact) mass is 349 g/mol. The van der Waals surface area contributed by atoms with Crippen LogP contribution in [0.2, 0.25) is 0 Å². The van der Waals surface area contributed by atoms with Crippen molar-refractivity contribution >= 4 is 17.4 Å². The van der Waals surface area contributed by atoms with Gasteiger partial charge in [0.15, 0.2) is 0 Å². The average molecular weight is 349 g/mol. The fraction of sp³-hybridized carbons (Fsp3) is 0.562. The minimum Gasteiger partial charge on any atom is -0.383 e. The molecule has 2 aromatic heterocycles. The van der Waals surface area contributed by atoms with E-state index in [0.717, 1.165) is 23.5 Å². The summed E-state index contributed by atoms with van der Waals surface area (Å²) in [6.07, 6.45) is 5.56. The summed E-state index contributed by atoms with van der Waals surface area (Å²) in [6.45, 7) is 3.72. The number of rotatable bonds is 6. The molecule has 7 nitrogen and oxygen atoms in total. The van der Waals surface area contributed by atoms with Crippen LogP contribution in [0.5, 0.6) is 0 Å². The van der Waals surface area contributed by atoms with Gasteiger partial charge in [-0.25, -0.2) is 9.78 Å². The van der Waals surface area contributed by atoms with Crippen LogP contribution in [-0.4, -0.2) is 32.4 Å². The molecule has 1 aliphatic carbocycles. The molecular weight excluding hydrogens is 326 g/mol. The van der Waals surface area contributed by atoms with E-state index in [4.69, 9.17) is 0 Å². The van der Waals surface area contributed by atoms with Gasteiger partial charge in [0.25, 0.3) is 0 Å². The summed E-state index contributed by atoms with van der Waals surface area (Å²) in [7, 11) is 1.79. The molecule has 2 unspecified atom stereocenters. The van der Waals surface area contributed by atoms with E-state index in [1.54, 1.807) is 42.4 Å². The van der Waals surface area contributed by atoms with Gasteiger partial charge in [-0.05, 0) is 32.6 Å². The van der Waals surface area contributed by atoms with Gasteiger partial charge in [0.05, 0.1) is 18.8 Å². The fourth-order valence-electron chi connectivity index (χ4n) is 2.57. The van der Waals surface area contributed by atoms with E-state index in [2.05, 4.69) is 20.7 Å². The second-order valence-electron chi connectivity index (χ2n) is 6.65. The summed E-state index contributed by atoms with van der Waals surface area (Å²) in [4.78, 5) is 16.8. The maximum absolute atomic E-state index is 12.3. The number of hydrogen-bond donors (Lipinski definition) is 3. The second-order valence-corrected chi connectivity index (χ2v) is 7.54. The summed E-state index contributed by atoms with van der Waals surface area (Å²) in [6, 6.07) is -0.337. The van der Waals surface area contributed by atoms with Gasteiger partial charge in [-0.2, -0.15) is 5.10 Å². The standard InChI is InChI=1S/C16H23N5O2S/c1-10-8-24-14(19-10)13(11-4-5-11)20-15(22)17-9-16(2,23)12-6-18-21(3)7-12/h6-8,11,13,23H,4-5,9H2,1-3H3,(H2,17,20,22). The molecule has 8 heteroatoms. The molecule has 24 heavy (non-hydrogen) atoms. The van der Waals surface area contributed by atoms with Crippen molar-refractivity contribution in [1.82, 2.24) is 25.4 Å². The Bertz CT molecular complexity index is 720. The Kier molecular flexibility index (Phi) is 4.60. The number of carbonyl (C=O) groups excluding carboxylic acids is 1. The Balaban J connectivity index is 1.58. The van der Waals surface area contributed by atoms with Gasteiger partial charge in [0.2, 0.25) is 0 Å². The molecule has 2 atom stereocenters. The van der Waals surface area contributed by atoms with Crippen molar-refractivity contribution in [2.75, 3.05) is 6.54 Å². The lowest BCUT2D eigenvalue weighted by atomic mass is 10.00. The third-order valence-corrected chi connectivity index (χ3v) is 5.25. The Labute approximate surface area is 145 Å². The Morgan fingerprint density at radius 3 is 2.88 bits per heavy atom. The molecule has 0 radical (unpaired) electrons. The van der Waals surface area contributed by atoms with E-state index < -0.39 is 5.60 Å². The molecule has 0 saturated heterocycles. The van der Waals surface area contributed by atoms with Gasteiger partial charge in [0.1, 0.15) is 10.6 Å². The van der Waals surface area contributed by atoms with Crippen molar-refractivity contribution in [2.24, 2.45) is 13.0 Å². The molecule has 2 heterocycles. The molecule has 1 fully saturated rings. The summed E-state index contributed by atoms with van der Waals surface area (Å²) < 4.78 is 1.62. The van der Waals surface area contributed by atoms with E-state index in [-0.39, 0.29) is 18.6 Å². The van der Waals surface area contributed by atoms with Crippen LogP contribution in [0.4, 0.5) is 4.79 Å². The average Bonchev–Trinajstić information content (AvgIpc) is 3.12. The Morgan fingerprint density at radius 1 is 1.58 bits per heavy atom. The summed E-state index contributed by atoms with van der Waals surface area (Å²) in [5.41, 5.74) is 0.472. The summed E-state index contributed by atoms with van der Waals surface area (Å²) in [5, 5.41) is 23.3. The highest BCUT2D eigenvalue weighted by Crippen LogP contribution is 2.41. The molecule has 3 N–H and O–H groups in total. The van der Waals surface area contributed by atoms with Crippen molar-refractivity contribution in [2.45, 2.75) is 38.3 Å². The van der Waals surface area contributed by atoms with Crippen LogP contribution < -0.4 is 10.6 Å². The zero-order valence-electron chi connectivity index (χ0n) is 14.1. The molecular formula is C16H23N5O2S. The number of carbonyl (C=O) groups is 1. The number of aromatic nitrogens is 3. The first-order valence-electron chi connectivity index (χ1n) is 8.03. The molecule has 0 spiro atoms. The van der Waals surface area contributed by atoms with Crippen LogP contribution in [0.3, 0.4) is 0 Å². The maximum atomic E-state index is 12.3. The van der Waals surface area contributed by atoms with Crippen molar-refractivity contribution in [1.29, 1.82) is 0 Å². The topological polar surface area (TPSA) is 92.1 Å². The lowest BCUT2D eigenvalue weighted by Crippen LogP contribution is -2.44. The number of nitrogens with one attached hydrogen (secondary N) is 2. The van der Waals surface area contributed by atoms with Gasteiger partial charge in [0, 0.05) is 29.9 Å². The molecule has 3 rings (SSSR count). The molecule has 2 amide bonds. The van der Waals surface area contributed by atoms with Gasteiger partial charge in [-0.1, -0.05) is 0 Å². The Morgan fingerprint density at radius 2 is 2.33 bits per heavy atom. The van der Waals surface area contributed by atoms with E-state index in [0.29, 0.717) is 11.5 Å². The first-order valence-corrected chi connectivity index (χ1v) is 8.91.